The van der Waals surface area contributed by atoms with Crippen molar-refractivity contribution >= 4 is 58.4 Å². The van der Waals surface area contributed by atoms with Gasteiger partial charge in [0.05, 0.1) is 27.6 Å². The molecule has 134 valence electrons. The van der Waals surface area contributed by atoms with Crippen LogP contribution in [0.1, 0.15) is 20.7 Å². The molecule has 2 aromatic carbocycles. The summed E-state index contributed by atoms with van der Waals surface area (Å²) in [5, 5.41) is 3.56. The minimum absolute atomic E-state index is 0.173. The Labute approximate surface area is 164 Å². The summed E-state index contributed by atoms with van der Waals surface area (Å²) in [5.41, 5.74) is 1.30. The van der Waals surface area contributed by atoms with E-state index in [1.165, 1.54) is 16.7 Å². The van der Waals surface area contributed by atoms with Gasteiger partial charge in [0.2, 0.25) is 5.91 Å². The maximum absolute atomic E-state index is 12.2. The Kier molecular flexibility index (Phi) is 5.86. The maximum Gasteiger partial charge on any atom is 0.261 e. The molecule has 0 aliphatic carbocycles. The minimum atomic E-state index is -0.290. The summed E-state index contributed by atoms with van der Waals surface area (Å²) in [4.78, 5) is 37.7. The molecule has 1 N–H and O–H groups in total. The van der Waals surface area contributed by atoms with Gasteiger partial charge >= 0.3 is 0 Å². The zero-order chi connectivity index (χ0) is 18.7. The van der Waals surface area contributed by atoms with Crippen LogP contribution in [0.3, 0.4) is 0 Å². The third kappa shape index (κ3) is 4.03. The van der Waals surface area contributed by atoms with Gasteiger partial charge in [-0.05, 0) is 30.3 Å². The van der Waals surface area contributed by atoms with E-state index < -0.39 is 0 Å². The van der Waals surface area contributed by atoms with Crippen LogP contribution in [0.25, 0.3) is 0 Å². The third-order valence-corrected chi connectivity index (χ3v) is 5.28. The van der Waals surface area contributed by atoms with E-state index >= 15 is 0 Å². The molecule has 8 heteroatoms. The quantitative estimate of drug-likeness (QED) is 0.580. The normalized spacial score (nSPS) is 13.1. The first kappa shape index (κ1) is 18.8. The molecule has 0 bridgehead atoms. The second-order valence-electron chi connectivity index (χ2n) is 5.53. The first-order valence-electron chi connectivity index (χ1n) is 7.75. The molecular weight excluding hydrogens is 395 g/mol. The number of halogens is 2. The highest BCUT2D eigenvalue weighted by atomic mass is 35.5. The summed E-state index contributed by atoms with van der Waals surface area (Å²) in [7, 11) is 0. The predicted molar refractivity (Wildman–Crippen MR) is 104 cm³/mol. The highest BCUT2D eigenvalue weighted by Crippen LogP contribution is 2.26. The molecule has 1 aliphatic rings. The molecule has 0 saturated carbocycles. The van der Waals surface area contributed by atoms with Crippen molar-refractivity contribution in [1.82, 2.24) is 4.90 Å². The number of benzene rings is 2. The summed E-state index contributed by atoms with van der Waals surface area (Å²) in [6.45, 7) is 0.252. The standard InChI is InChI=1S/C18H14Cl2N2O3S/c19-11-5-6-14(20)15(9-11)21-16(23)10-26-8-7-22-17(24)12-3-1-2-4-13(12)18(22)25/h1-6,9H,7-8,10H2,(H,21,23). The molecule has 1 heterocycles. The van der Waals surface area contributed by atoms with Gasteiger partial charge < -0.3 is 5.32 Å². The van der Waals surface area contributed by atoms with Gasteiger partial charge in [0.25, 0.3) is 11.8 Å². The van der Waals surface area contributed by atoms with Gasteiger partial charge in [-0.25, -0.2) is 0 Å². The molecule has 0 saturated heterocycles. The lowest BCUT2D eigenvalue weighted by molar-refractivity contribution is -0.113. The van der Waals surface area contributed by atoms with E-state index in [1.807, 2.05) is 0 Å². The van der Waals surface area contributed by atoms with Crippen molar-refractivity contribution in [1.29, 1.82) is 0 Å². The minimum Gasteiger partial charge on any atom is -0.324 e. The van der Waals surface area contributed by atoms with Crippen LogP contribution in [0.2, 0.25) is 10.0 Å². The monoisotopic (exact) mass is 408 g/mol. The maximum atomic E-state index is 12.2. The fourth-order valence-corrected chi connectivity index (χ4v) is 3.59. The molecule has 2 aromatic rings. The van der Waals surface area contributed by atoms with Crippen LogP contribution >= 0.6 is 35.0 Å². The number of amides is 3. The van der Waals surface area contributed by atoms with Crippen molar-refractivity contribution in [3.63, 3.8) is 0 Å². The topological polar surface area (TPSA) is 66.5 Å². The predicted octanol–water partition coefficient (Wildman–Crippen LogP) is 3.96. The average Bonchev–Trinajstić information content (AvgIpc) is 2.87. The van der Waals surface area contributed by atoms with Crippen molar-refractivity contribution < 1.29 is 14.4 Å². The number of hydrogen-bond donors (Lipinski definition) is 1. The summed E-state index contributed by atoms with van der Waals surface area (Å²) in [6, 6.07) is 11.6. The van der Waals surface area contributed by atoms with E-state index in [4.69, 9.17) is 23.2 Å². The van der Waals surface area contributed by atoms with Crippen LogP contribution in [-0.2, 0) is 4.79 Å². The summed E-state index contributed by atoms with van der Waals surface area (Å²) in [5.74, 6) is -0.182. The highest BCUT2D eigenvalue weighted by Gasteiger charge is 2.34. The molecule has 26 heavy (non-hydrogen) atoms. The number of nitrogens with one attached hydrogen (secondary N) is 1. The Balaban J connectivity index is 1.47. The molecule has 3 amide bonds. The molecule has 0 unspecified atom stereocenters. The Morgan fingerprint density at radius 1 is 1.04 bits per heavy atom. The molecule has 5 nitrogen and oxygen atoms in total. The smallest absolute Gasteiger partial charge is 0.261 e. The van der Waals surface area contributed by atoms with Gasteiger partial charge in [0, 0.05) is 17.3 Å². The average molecular weight is 409 g/mol. The molecule has 3 rings (SSSR count). The Bertz CT molecular complexity index is 853. The number of rotatable bonds is 6. The summed E-state index contributed by atoms with van der Waals surface area (Å²) < 4.78 is 0. The van der Waals surface area contributed by atoms with Crippen LogP contribution in [0.15, 0.2) is 42.5 Å². The first-order chi connectivity index (χ1) is 12.5. The molecule has 0 fully saturated rings. The Morgan fingerprint density at radius 2 is 1.69 bits per heavy atom. The molecule has 0 spiro atoms. The molecule has 1 aliphatic heterocycles. The van der Waals surface area contributed by atoms with Crippen molar-refractivity contribution in [2.24, 2.45) is 0 Å². The number of hydrogen-bond acceptors (Lipinski definition) is 4. The largest absolute Gasteiger partial charge is 0.324 e. The van der Waals surface area contributed by atoms with E-state index in [-0.39, 0.29) is 30.0 Å². The van der Waals surface area contributed by atoms with Crippen molar-refractivity contribution in [2.45, 2.75) is 0 Å². The number of anilines is 1. The number of imide groups is 1. The molecule has 0 aromatic heterocycles. The number of carbonyl (C=O) groups excluding carboxylic acids is 3. The lowest BCUT2D eigenvalue weighted by Gasteiger charge is -2.13. The lowest BCUT2D eigenvalue weighted by Crippen LogP contribution is -2.32. The SMILES string of the molecule is O=C(CSCCN1C(=O)c2ccccc2C1=O)Nc1cc(Cl)ccc1Cl. The van der Waals surface area contributed by atoms with Crippen LogP contribution < -0.4 is 5.32 Å². The van der Waals surface area contributed by atoms with E-state index in [1.54, 1.807) is 42.5 Å². The zero-order valence-corrected chi connectivity index (χ0v) is 15.8. The van der Waals surface area contributed by atoms with Crippen LogP contribution in [0, 0.1) is 0 Å². The van der Waals surface area contributed by atoms with Crippen LogP contribution in [-0.4, -0.2) is 40.7 Å². The second-order valence-corrected chi connectivity index (χ2v) is 7.48. The fraction of sp³-hybridized carbons (Fsp3) is 0.167. The summed E-state index contributed by atoms with van der Waals surface area (Å²) >= 11 is 13.2. The van der Waals surface area contributed by atoms with E-state index in [0.29, 0.717) is 32.6 Å². The zero-order valence-electron chi connectivity index (χ0n) is 13.5. The van der Waals surface area contributed by atoms with Gasteiger partial charge in [-0.15, -0.1) is 0 Å². The van der Waals surface area contributed by atoms with Gasteiger partial charge in [0.15, 0.2) is 0 Å². The van der Waals surface area contributed by atoms with Gasteiger partial charge in [0.1, 0.15) is 0 Å². The number of carbonyl (C=O) groups is 3. The van der Waals surface area contributed by atoms with E-state index in [9.17, 15) is 14.4 Å². The van der Waals surface area contributed by atoms with Gasteiger partial charge in [-0.1, -0.05) is 35.3 Å². The first-order valence-corrected chi connectivity index (χ1v) is 9.66. The summed E-state index contributed by atoms with van der Waals surface area (Å²) in [6.07, 6.45) is 0. The van der Waals surface area contributed by atoms with E-state index in [0.717, 1.165) is 0 Å². The fourth-order valence-electron chi connectivity index (χ4n) is 2.54. The lowest BCUT2D eigenvalue weighted by atomic mass is 10.1. The Morgan fingerprint density at radius 3 is 2.35 bits per heavy atom. The van der Waals surface area contributed by atoms with Crippen molar-refractivity contribution in [3.05, 3.63) is 63.6 Å². The van der Waals surface area contributed by atoms with Crippen LogP contribution in [0.5, 0.6) is 0 Å². The molecule has 0 radical (unpaired) electrons. The number of fused-ring (bicyclic) bond motifs is 1. The van der Waals surface area contributed by atoms with Crippen molar-refractivity contribution in [3.8, 4) is 0 Å². The van der Waals surface area contributed by atoms with Crippen LogP contribution in [0.4, 0.5) is 5.69 Å². The number of nitrogens with zero attached hydrogens (tertiary/aromatic N) is 1. The Hall–Kier alpha value is -2.02. The molecule has 0 atom stereocenters. The number of thioether (sulfide) groups is 1. The van der Waals surface area contributed by atoms with E-state index in [2.05, 4.69) is 5.32 Å². The molecular formula is C18H14Cl2N2O3S. The second kappa shape index (κ2) is 8.12. The third-order valence-electron chi connectivity index (χ3n) is 3.77. The highest BCUT2D eigenvalue weighted by molar-refractivity contribution is 7.99. The van der Waals surface area contributed by atoms with Gasteiger partial charge in [-0.3, -0.25) is 19.3 Å². The van der Waals surface area contributed by atoms with Gasteiger partial charge in [-0.2, -0.15) is 11.8 Å². The van der Waals surface area contributed by atoms with Crippen molar-refractivity contribution in [2.75, 3.05) is 23.4 Å².